The topological polar surface area (TPSA) is 29.3 Å². The van der Waals surface area contributed by atoms with Crippen molar-refractivity contribution >= 4 is 11.3 Å². The zero-order valence-electron chi connectivity index (χ0n) is 13.9. The first-order valence-corrected chi connectivity index (χ1v) is 9.50. The zero-order valence-corrected chi connectivity index (χ0v) is 14.8. The Kier molecular flexibility index (Phi) is 4.50. The summed E-state index contributed by atoms with van der Waals surface area (Å²) in [6.45, 7) is 5.15. The highest BCUT2D eigenvalue weighted by Crippen LogP contribution is 2.29. The maximum absolute atomic E-state index is 5.88. The van der Waals surface area contributed by atoms with Gasteiger partial charge in [-0.15, -0.1) is 0 Å². The van der Waals surface area contributed by atoms with Crippen LogP contribution >= 0.6 is 11.3 Å². The van der Waals surface area contributed by atoms with Crippen molar-refractivity contribution in [3.05, 3.63) is 64.2 Å². The van der Waals surface area contributed by atoms with E-state index < -0.39 is 0 Å². The number of oxazole rings is 1. The molecule has 1 saturated heterocycles. The Labute approximate surface area is 147 Å². The molecule has 24 heavy (non-hydrogen) atoms. The largest absolute Gasteiger partial charge is 0.441 e. The number of rotatable bonds is 4. The minimum Gasteiger partial charge on any atom is -0.441 e. The molecular formula is C20H22N2OS. The first kappa shape index (κ1) is 15.6. The number of aryl methyl sites for hydroxylation is 1. The highest BCUT2D eigenvalue weighted by molar-refractivity contribution is 7.08. The summed E-state index contributed by atoms with van der Waals surface area (Å²) in [6, 6.07) is 12.9. The van der Waals surface area contributed by atoms with Crippen molar-refractivity contribution in [2.24, 2.45) is 0 Å². The molecule has 0 spiro atoms. The molecule has 4 heteroatoms. The number of nitrogens with zero attached hydrogens (tertiary/aromatic N) is 2. The number of piperidine rings is 1. The van der Waals surface area contributed by atoms with E-state index >= 15 is 0 Å². The Bertz CT molecular complexity index is 779. The van der Waals surface area contributed by atoms with Gasteiger partial charge in [0.25, 0.3) is 0 Å². The summed E-state index contributed by atoms with van der Waals surface area (Å²) < 4.78 is 5.88. The highest BCUT2D eigenvalue weighted by Gasteiger charge is 2.23. The van der Waals surface area contributed by atoms with Gasteiger partial charge in [-0.3, -0.25) is 4.90 Å². The predicted octanol–water partition coefficient (Wildman–Crippen LogP) is 5.09. The normalized spacial score (nSPS) is 18.8. The standard InChI is InChI=1S/C20H22N2OS/c1-15-19(21-20(23-15)18-9-11-24-14-18)13-22-10-5-8-17(12-22)16-6-3-2-4-7-16/h2-4,6-7,9,11,14,17H,5,8,10,12-13H2,1H3. The van der Waals surface area contributed by atoms with Crippen LogP contribution in [0.1, 0.15) is 35.8 Å². The number of hydrogen-bond donors (Lipinski definition) is 0. The van der Waals surface area contributed by atoms with E-state index in [-0.39, 0.29) is 0 Å². The van der Waals surface area contributed by atoms with Crippen LogP contribution in [0.15, 0.2) is 51.6 Å². The lowest BCUT2D eigenvalue weighted by molar-refractivity contribution is 0.197. The van der Waals surface area contributed by atoms with Crippen molar-refractivity contribution in [1.29, 1.82) is 0 Å². The van der Waals surface area contributed by atoms with Crippen LogP contribution in [0.4, 0.5) is 0 Å². The minimum atomic E-state index is 0.628. The van der Waals surface area contributed by atoms with Gasteiger partial charge in [0.2, 0.25) is 5.89 Å². The average Bonchev–Trinajstić information content (AvgIpc) is 3.27. The van der Waals surface area contributed by atoms with Crippen molar-refractivity contribution in [3.63, 3.8) is 0 Å². The highest BCUT2D eigenvalue weighted by atomic mass is 32.1. The van der Waals surface area contributed by atoms with E-state index in [2.05, 4.69) is 52.1 Å². The van der Waals surface area contributed by atoms with Gasteiger partial charge in [-0.25, -0.2) is 4.98 Å². The van der Waals surface area contributed by atoms with Crippen molar-refractivity contribution in [3.8, 4) is 11.5 Å². The Balaban J connectivity index is 1.47. The molecule has 1 aromatic carbocycles. The van der Waals surface area contributed by atoms with Gasteiger partial charge in [-0.2, -0.15) is 11.3 Å². The second-order valence-electron chi connectivity index (χ2n) is 6.52. The Hall–Kier alpha value is -1.91. The van der Waals surface area contributed by atoms with E-state index in [1.165, 1.54) is 18.4 Å². The van der Waals surface area contributed by atoms with Crippen LogP contribution in [0.2, 0.25) is 0 Å². The molecule has 3 aromatic rings. The number of benzene rings is 1. The monoisotopic (exact) mass is 338 g/mol. The Morgan fingerprint density at radius 1 is 1.25 bits per heavy atom. The maximum atomic E-state index is 5.88. The van der Waals surface area contributed by atoms with Crippen molar-refractivity contribution in [1.82, 2.24) is 9.88 Å². The van der Waals surface area contributed by atoms with Gasteiger partial charge in [0, 0.05) is 24.0 Å². The van der Waals surface area contributed by atoms with E-state index in [0.717, 1.165) is 42.5 Å². The summed E-state index contributed by atoms with van der Waals surface area (Å²) in [5.41, 5.74) is 3.61. The molecule has 3 heterocycles. The SMILES string of the molecule is Cc1oc(-c2ccsc2)nc1CN1CCCC(c2ccccc2)C1. The molecule has 1 fully saturated rings. The lowest BCUT2D eigenvalue weighted by Gasteiger charge is -2.32. The fourth-order valence-corrected chi connectivity index (χ4v) is 4.12. The molecule has 0 bridgehead atoms. The van der Waals surface area contributed by atoms with Crippen LogP contribution in [0.25, 0.3) is 11.5 Å². The minimum absolute atomic E-state index is 0.628. The van der Waals surface area contributed by atoms with E-state index in [1.807, 2.05) is 6.92 Å². The molecule has 0 saturated carbocycles. The number of thiophene rings is 1. The summed E-state index contributed by atoms with van der Waals surface area (Å²) in [5, 5.41) is 4.14. The first-order chi connectivity index (χ1) is 11.8. The van der Waals surface area contributed by atoms with Crippen LogP contribution in [-0.2, 0) is 6.54 Å². The summed E-state index contributed by atoms with van der Waals surface area (Å²) >= 11 is 1.67. The van der Waals surface area contributed by atoms with Gasteiger partial charge >= 0.3 is 0 Å². The van der Waals surface area contributed by atoms with E-state index in [9.17, 15) is 0 Å². The second kappa shape index (κ2) is 6.91. The Morgan fingerprint density at radius 2 is 2.12 bits per heavy atom. The Morgan fingerprint density at radius 3 is 2.92 bits per heavy atom. The summed E-state index contributed by atoms with van der Waals surface area (Å²) in [7, 11) is 0. The molecule has 1 unspecified atom stereocenters. The molecule has 0 amide bonds. The second-order valence-corrected chi connectivity index (χ2v) is 7.30. The number of hydrogen-bond acceptors (Lipinski definition) is 4. The molecule has 3 nitrogen and oxygen atoms in total. The van der Waals surface area contributed by atoms with E-state index in [4.69, 9.17) is 9.40 Å². The lowest BCUT2D eigenvalue weighted by Crippen LogP contribution is -2.34. The quantitative estimate of drug-likeness (QED) is 0.663. The first-order valence-electron chi connectivity index (χ1n) is 8.56. The summed E-state index contributed by atoms with van der Waals surface area (Å²) in [4.78, 5) is 7.26. The predicted molar refractivity (Wildman–Crippen MR) is 98.2 cm³/mol. The van der Waals surface area contributed by atoms with Crippen LogP contribution in [0, 0.1) is 6.92 Å². The lowest BCUT2D eigenvalue weighted by atomic mass is 9.90. The van der Waals surface area contributed by atoms with Gasteiger partial charge in [-0.1, -0.05) is 30.3 Å². The molecule has 1 aliphatic heterocycles. The van der Waals surface area contributed by atoms with Crippen LogP contribution in [0.5, 0.6) is 0 Å². The smallest absolute Gasteiger partial charge is 0.227 e. The van der Waals surface area contributed by atoms with E-state index in [0.29, 0.717) is 5.92 Å². The fraction of sp³-hybridized carbons (Fsp3) is 0.350. The van der Waals surface area contributed by atoms with E-state index in [1.54, 1.807) is 11.3 Å². The van der Waals surface area contributed by atoms with Gasteiger partial charge in [0.05, 0.1) is 5.69 Å². The number of likely N-dealkylation sites (tertiary alicyclic amines) is 1. The van der Waals surface area contributed by atoms with Crippen molar-refractivity contribution in [2.45, 2.75) is 32.2 Å². The molecule has 0 aliphatic carbocycles. The number of aromatic nitrogens is 1. The molecule has 1 aliphatic rings. The molecule has 0 N–H and O–H groups in total. The van der Waals surface area contributed by atoms with Gasteiger partial charge in [0.1, 0.15) is 5.76 Å². The molecule has 0 radical (unpaired) electrons. The van der Waals surface area contributed by atoms with Crippen LogP contribution < -0.4 is 0 Å². The van der Waals surface area contributed by atoms with Crippen LogP contribution in [0.3, 0.4) is 0 Å². The zero-order chi connectivity index (χ0) is 16.4. The van der Waals surface area contributed by atoms with Gasteiger partial charge in [-0.05, 0) is 49.2 Å². The average molecular weight is 338 g/mol. The third-order valence-electron chi connectivity index (χ3n) is 4.81. The molecule has 1 atom stereocenters. The van der Waals surface area contributed by atoms with Gasteiger partial charge in [0.15, 0.2) is 0 Å². The van der Waals surface area contributed by atoms with Gasteiger partial charge < -0.3 is 4.42 Å². The third-order valence-corrected chi connectivity index (χ3v) is 5.49. The van der Waals surface area contributed by atoms with Crippen molar-refractivity contribution < 1.29 is 4.42 Å². The summed E-state index contributed by atoms with van der Waals surface area (Å²) in [5.74, 6) is 2.32. The summed E-state index contributed by atoms with van der Waals surface area (Å²) in [6.07, 6.45) is 2.52. The molecule has 124 valence electrons. The van der Waals surface area contributed by atoms with Crippen LogP contribution in [-0.4, -0.2) is 23.0 Å². The third kappa shape index (κ3) is 3.30. The maximum Gasteiger partial charge on any atom is 0.227 e. The molecular weight excluding hydrogens is 316 g/mol. The van der Waals surface area contributed by atoms with Crippen molar-refractivity contribution in [2.75, 3.05) is 13.1 Å². The molecule has 2 aromatic heterocycles. The fourth-order valence-electron chi connectivity index (χ4n) is 3.49. The molecule has 4 rings (SSSR count).